The molecule has 0 atom stereocenters. The number of hydrogen-bond donors (Lipinski definition) is 1. The maximum atomic E-state index is 4.85. The summed E-state index contributed by atoms with van der Waals surface area (Å²) in [6, 6.07) is 0. The molecule has 1 heterocycles. The lowest BCUT2D eigenvalue weighted by Gasteiger charge is -2.16. The maximum absolute atomic E-state index is 4.85. The van der Waals surface area contributed by atoms with Crippen LogP contribution in [0, 0.1) is 0 Å². The lowest BCUT2D eigenvalue weighted by atomic mass is 9.89. The van der Waals surface area contributed by atoms with E-state index in [9.17, 15) is 0 Å². The molecule has 0 aliphatic carbocycles. The molecule has 0 radical (unpaired) electrons. The molecule has 0 saturated heterocycles. The van der Waals surface area contributed by atoms with Gasteiger partial charge in [-0.1, -0.05) is 25.9 Å². The van der Waals surface area contributed by atoms with Gasteiger partial charge < -0.3 is 9.84 Å². The number of rotatable bonds is 1. The average molecular weight is 154 g/mol. The van der Waals surface area contributed by atoms with Crippen LogP contribution in [0.15, 0.2) is 10.8 Å². The van der Waals surface area contributed by atoms with Crippen LogP contribution in [0.2, 0.25) is 0 Å². The molecule has 0 aliphatic heterocycles. The smallest absolute Gasteiger partial charge is 0.172 e. The topological polar surface area (TPSA) is 38.1 Å². The fourth-order valence-electron chi connectivity index (χ4n) is 0.949. The van der Waals surface area contributed by atoms with Crippen LogP contribution in [0.25, 0.3) is 0 Å². The van der Waals surface area contributed by atoms with Crippen molar-refractivity contribution in [1.29, 1.82) is 0 Å². The van der Waals surface area contributed by atoms with E-state index in [1.165, 1.54) is 0 Å². The van der Waals surface area contributed by atoms with E-state index in [-0.39, 0.29) is 5.41 Å². The Kier molecular flexibility index (Phi) is 1.89. The van der Waals surface area contributed by atoms with Crippen molar-refractivity contribution >= 4 is 5.82 Å². The summed E-state index contributed by atoms with van der Waals surface area (Å²) in [6.45, 7) is 6.38. The third-order valence-electron chi connectivity index (χ3n) is 1.61. The van der Waals surface area contributed by atoms with Gasteiger partial charge in [0.05, 0.1) is 0 Å². The number of anilines is 1. The van der Waals surface area contributed by atoms with E-state index in [0.29, 0.717) is 0 Å². The standard InChI is InChI=1S/C8H14N2O/c1-8(2,3)6-5-11-10-7(6)9-4/h5H,1-4H3,(H,9,10). The zero-order chi connectivity index (χ0) is 8.48. The molecule has 62 valence electrons. The van der Waals surface area contributed by atoms with E-state index < -0.39 is 0 Å². The zero-order valence-electron chi connectivity index (χ0n) is 7.43. The molecule has 0 aromatic carbocycles. The van der Waals surface area contributed by atoms with Gasteiger partial charge in [0.15, 0.2) is 5.82 Å². The third kappa shape index (κ3) is 1.53. The van der Waals surface area contributed by atoms with Crippen LogP contribution in [-0.4, -0.2) is 12.2 Å². The van der Waals surface area contributed by atoms with Crippen LogP contribution in [0.4, 0.5) is 5.82 Å². The van der Waals surface area contributed by atoms with Crippen molar-refractivity contribution in [2.24, 2.45) is 0 Å². The van der Waals surface area contributed by atoms with Crippen molar-refractivity contribution < 1.29 is 4.52 Å². The van der Waals surface area contributed by atoms with Gasteiger partial charge in [0, 0.05) is 12.6 Å². The van der Waals surface area contributed by atoms with E-state index in [0.717, 1.165) is 11.4 Å². The highest BCUT2D eigenvalue weighted by molar-refractivity contribution is 5.44. The van der Waals surface area contributed by atoms with Crippen molar-refractivity contribution in [3.63, 3.8) is 0 Å². The SMILES string of the molecule is CNc1nocc1C(C)(C)C. The van der Waals surface area contributed by atoms with E-state index in [1.807, 2.05) is 7.05 Å². The Morgan fingerprint density at radius 2 is 2.09 bits per heavy atom. The molecule has 0 bridgehead atoms. The molecule has 0 fully saturated rings. The second-order valence-corrected chi connectivity index (χ2v) is 3.58. The fraction of sp³-hybridized carbons (Fsp3) is 0.625. The summed E-state index contributed by atoms with van der Waals surface area (Å²) >= 11 is 0. The van der Waals surface area contributed by atoms with Crippen LogP contribution in [-0.2, 0) is 5.41 Å². The predicted molar refractivity (Wildman–Crippen MR) is 44.7 cm³/mol. The number of hydrogen-bond acceptors (Lipinski definition) is 3. The van der Waals surface area contributed by atoms with Gasteiger partial charge in [0.25, 0.3) is 0 Å². The zero-order valence-corrected chi connectivity index (χ0v) is 7.43. The van der Waals surface area contributed by atoms with E-state index in [4.69, 9.17) is 4.52 Å². The van der Waals surface area contributed by atoms with E-state index >= 15 is 0 Å². The van der Waals surface area contributed by atoms with Crippen LogP contribution in [0.5, 0.6) is 0 Å². The summed E-state index contributed by atoms with van der Waals surface area (Å²) in [7, 11) is 1.84. The van der Waals surface area contributed by atoms with Crippen molar-refractivity contribution in [2.45, 2.75) is 26.2 Å². The van der Waals surface area contributed by atoms with Gasteiger partial charge in [0.1, 0.15) is 6.26 Å². The second-order valence-electron chi connectivity index (χ2n) is 3.58. The molecule has 1 aromatic heterocycles. The van der Waals surface area contributed by atoms with Crippen molar-refractivity contribution in [1.82, 2.24) is 5.16 Å². The first-order chi connectivity index (χ1) is 5.05. The summed E-state index contributed by atoms with van der Waals surface area (Å²) < 4.78 is 4.85. The Morgan fingerprint density at radius 1 is 1.45 bits per heavy atom. The van der Waals surface area contributed by atoms with E-state index in [2.05, 4.69) is 31.2 Å². The minimum Gasteiger partial charge on any atom is -0.370 e. The minimum absolute atomic E-state index is 0.0956. The largest absolute Gasteiger partial charge is 0.370 e. The first-order valence-electron chi connectivity index (χ1n) is 3.68. The van der Waals surface area contributed by atoms with Crippen molar-refractivity contribution in [3.05, 3.63) is 11.8 Å². The molecule has 0 spiro atoms. The van der Waals surface area contributed by atoms with E-state index in [1.54, 1.807) is 6.26 Å². The summed E-state index contributed by atoms with van der Waals surface area (Å²) in [5, 5.41) is 6.79. The molecule has 0 amide bonds. The Morgan fingerprint density at radius 3 is 2.45 bits per heavy atom. The van der Waals surface area contributed by atoms with Gasteiger partial charge >= 0.3 is 0 Å². The van der Waals surface area contributed by atoms with Gasteiger partial charge in [-0.3, -0.25) is 0 Å². The number of aromatic nitrogens is 1. The summed E-state index contributed by atoms with van der Waals surface area (Å²) in [5.74, 6) is 0.831. The van der Waals surface area contributed by atoms with Gasteiger partial charge in [-0.25, -0.2) is 0 Å². The van der Waals surface area contributed by atoms with Gasteiger partial charge in [-0.15, -0.1) is 0 Å². The van der Waals surface area contributed by atoms with Crippen LogP contribution in [0.1, 0.15) is 26.3 Å². The molecule has 0 saturated carbocycles. The minimum atomic E-state index is 0.0956. The van der Waals surface area contributed by atoms with Gasteiger partial charge in [-0.05, 0) is 5.41 Å². The lowest BCUT2D eigenvalue weighted by Crippen LogP contribution is -2.12. The molecule has 0 unspecified atom stereocenters. The fourth-order valence-corrected chi connectivity index (χ4v) is 0.949. The molecule has 1 rings (SSSR count). The number of nitrogens with zero attached hydrogens (tertiary/aromatic N) is 1. The summed E-state index contributed by atoms with van der Waals surface area (Å²) in [5.41, 5.74) is 1.21. The molecule has 0 aliphatic rings. The molecule has 1 aromatic rings. The Balaban J connectivity index is 3.02. The maximum Gasteiger partial charge on any atom is 0.172 e. The Hall–Kier alpha value is -0.990. The van der Waals surface area contributed by atoms with Crippen LogP contribution >= 0.6 is 0 Å². The average Bonchev–Trinajstić information content (AvgIpc) is 2.31. The highest BCUT2D eigenvalue weighted by Gasteiger charge is 2.20. The van der Waals surface area contributed by atoms with Crippen LogP contribution < -0.4 is 5.32 Å². The molecular weight excluding hydrogens is 140 g/mol. The van der Waals surface area contributed by atoms with Gasteiger partial charge in [-0.2, -0.15) is 0 Å². The molecular formula is C8H14N2O. The second kappa shape index (κ2) is 2.57. The molecule has 3 heteroatoms. The van der Waals surface area contributed by atoms with Crippen LogP contribution in [0.3, 0.4) is 0 Å². The first-order valence-corrected chi connectivity index (χ1v) is 3.68. The molecule has 1 N–H and O–H groups in total. The highest BCUT2D eigenvalue weighted by atomic mass is 16.5. The monoisotopic (exact) mass is 154 g/mol. The van der Waals surface area contributed by atoms with Gasteiger partial charge in [0.2, 0.25) is 0 Å². The molecule has 3 nitrogen and oxygen atoms in total. The lowest BCUT2D eigenvalue weighted by molar-refractivity contribution is 0.418. The van der Waals surface area contributed by atoms with Crippen molar-refractivity contribution in [2.75, 3.05) is 12.4 Å². The highest BCUT2D eigenvalue weighted by Crippen LogP contribution is 2.27. The Labute approximate surface area is 66.8 Å². The Bertz CT molecular complexity index is 234. The molecule has 11 heavy (non-hydrogen) atoms. The summed E-state index contributed by atoms with van der Waals surface area (Å²) in [4.78, 5) is 0. The number of nitrogens with one attached hydrogen (secondary N) is 1. The first kappa shape index (κ1) is 8.11. The predicted octanol–water partition coefficient (Wildman–Crippen LogP) is 2.01. The normalized spacial score (nSPS) is 11.6. The summed E-state index contributed by atoms with van der Waals surface area (Å²) in [6.07, 6.45) is 1.69. The quantitative estimate of drug-likeness (QED) is 0.672. The van der Waals surface area contributed by atoms with Crippen molar-refractivity contribution in [3.8, 4) is 0 Å². The third-order valence-corrected chi connectivity index (χ3v) is 1.61.